The number of carboxylic acid groups (broad SMARTS) is 1. The maximum absolute atomic E-state index is 13.7. The summed E-state index contributed by atoms with van der Waals surface area (Å²) in [4.78, 5) is 21.6. The van der Waals surface area contributed by atoms with Crippen molar-refractivity contribution in [1.29, 1.82) is 0 Å². The molecule has 250 valence electrons. The highest BCUT2D eigenvalue weighted by atomic mass is 19.4. The average molecular weight is 667 g/mol. The summed E-state index contributed by atoms with van der Waals surface area (Å²) >= 11 is 0. The fraction of sp³-hybridized carbons (Fsp3) is 0.414. The zero-order chi connectivity index (χ0) is 34.2. The van der Waals surface area contributed by atoms with Crippen LogP contribution in [-0.2, 0) is 29.7 Å². The number of halogens is 9. The molecule has 1 aliphatic rings. The van der Waals surface area contributed by atoms with Crippen LogP contribution in [0, 0.1) is 0 Å². The van der Waals surface area contributed by atoms with E-state index in [1.807, 2.05) is 0 Å². The summed E-state index contributed by atoms with van der Waals surface area (Å²) in [7, 11) is 1.36. The average Bonchev–Trinajstić information content (AvgIpc) is 2.95. The Labute approximate surface area is 255 Å². The molecule has 8 nitrogen and oxygen atoms in total. The predicted molar refractivity (Wildman–Crippen MR) is 144 cm³/mol. The van der Waals surface area contributed by atoms with Gasteiger partial charge in [-0.05, 0) is 60.4 Å². The Bertz CT molecular complexity index is 1560. The van der Waals surface area contributed by atoms with E-state index >= 15 is 0 Å². The zero-order valence-corrected chi connectivity index (χ0v) is 24.1. The monoisotopic (exact) mass is 666 g/mol. The first kappa shape index (κ1) is 34.7. The summed E-state index contributed by atoms with van der Waals surface area (Å²) < 4.78 is 133. The molecule has 0 spiro atoms. The smallest absolute Gasteiger partial charge is 0.416 e. The third-order valence-corrected chi connectivity index (χ3v) is 7.50. The first-order valence-corrected chi connectivity index (χ1v) is 13.6. The van der Waals surface area contributed by atoms with Crippen molar-refractivity contribution >= 4 is 11.8 Å². The van der Waals surface area contributed by atoms with E-state index in [1.165, 1.54) is 7.11 Å². The second-order valence-corrected chi connectivity index (χ2v) is 10.6. The largest absolute Gasteiger partial charge is 0.488 e. The highest BCUT2D eigenvalue weighted by Gasteiger charge is 2.47. The SMILES string of the molecule is CC[C@]1(N)C[C@H](c2ncc(OCCOC)c(Cc3cc(C(F)(F)F)cc(C(F)(F)F)c3)n2)c2cc(C(F)(F)F)ccc2N1C(=O)O. The number of nitrogens with two attached hydrogens (primary N) is 1. The lowest BCUT2D eigenvalue weighted by Gasteiger charge is -2.46. The lowest BCUT2D eigenvalue weighted by atomic mass is 9.80. The molecule has 3 N–H and O–H groups in total. The Kier molecular flexibility index (Phi) is 9.51. The number of amides is 1. The first-order valence-electron chi connectivity index (χ1n) is 13.6. The van der Waals surface area contributed by atoms with Gasteiger partial charge >= 0.3 is 24.6 Å². The van der Waals surface area contributed by atoms with Crippen molar-refractivity contribution in [3.8, 4) is 5.75 Å². The Morgan fingerprint density at radius 2 is 1.59 bits per heavy atom. The molecule has 3 aromatic rings. The number of aromatic nitrogens is 2. The van der Waals surface area contributed by atoms with E-state index in [9.17, 15) is 49.4 Å². The van der Waals surface area contributed by atoms with Crippen molar-refractivity contribution in [3.63, 3.8) is 0 Å². The number of rotatable bonds is 8. The van der Waals surface area contributed by atoms with Gasteiger partial charge in [-0.1, -0.05) is 6.92 Å². The molecule has 2 atom stereocenters. The number of ether oxygens (including phenoxy) is 2. The summed E-state index contributed by atoms with van der Waals surface area (Å²) in [5.74, 6) is -1.50. The van der Waals surface area contributed by atoms with Gasteiger partial charge in [0.2, 0.25) is 0 Å². The molecule has 1 aliphatic heterocycles. The molecule has 0 radical (unpaired) electrons. The third kappa shape index (κ3) is 7.30. The Morgan fingerprint density at radius 1 is 0.978 bits per heavy atom. The topological polar surface area (TPSA) is 111 Å². The highest BCUT2D eigenvalue weighted by Crippen LogP contribution is 2.47. The molecular formula is C29H27F9N4O4. The van der Waals surface area contributed by atoms with Crippen LogP contribution in [0.4, 0.5) is 50.0 Å². The van der Waals surface area contributed by atoms with Gasteiger partial charge in [0.15, 0.2) is 5.75 Å². The van der Waals surface area contributed by atoms with E-state index in [0.717, 1.165) is 23.2 Å². The molecular weight excluding hydrogens is 639 g/mol. The fourth-order valence-electron chi connectivity index (χ4n) is 5.22. The highest BCUT2D eigenvalue weighted by molar-refractivity contribution is 5.90. The van der Waals surface area contributed by atoms with E-state index in [-0.39, 0.29) is 60.6 Å². The van der Waals surface area contributed by atoms with Gasteiger partial charge in [-0.15, -0.1) is 0 Å². The number of nitrogens with zero attached hydrogens (tertiary/aromatic N) is 3. The van der Waals surface area contributed by atoms with Crippen LogP contribution < -0.4 is 15.4 Å². The van der Waals surface area contributed by atoms with Crippen LogP contribution in [0.25, 0.3) is 0 Å². The molecule has 0 saturated heterocycles. The Hall–Kier alpha value is -4.12. The number of anilines is 1. The molecule has 17 heteroatoms. The number of hydrogen-bond donors (Lipinski definition) is 2. The second-order valence-electron chi connectivity index (χ2n) is 10.6. The molecule has 1 amide bonds. The van der Waals surface area contributed by atoms with E-state index in [1.54, 1.807) is 6.92 Å². The summed E-state index contributed by atoms with van der Waals surface area (Å²) in [5.41, 5.74) is -0.330. The molecule has 0 fully saturated rings. The summed E-state index contributed by atoms with van der Waals surface area (Å²) in [5, 5.41) is 9.95. The van der Waals surface area contributed by atoms with E-state index in [2.05, 4.69) is 9.97 Å². The van der Waals surface area contributed by atoms with E-state index < -0.39 is 64.9 Å². The van der Waals surface area contributed by atoms with Crippen molar-refractivity contribution in [2.24, 2.45) is 5.73 Å². The van der Waals surface area contributed by atoms with Gasteiger partial charge in [-0.3, -0.25) is 4.90 Å². The summed E-state index contributed by atoms with van der Waals surface area (Å²) in [6.45, 7) is 1.49. The molecule has 0 aliphatic carbocycles. The molecule has 0 bridgehead atoms. The molecule has 2 heterocycles. The van der Waals surface area contributed by atoms with Crippen LogP contribution in [0.5, 0.6) is 5.75 Å². The fourth-order valence-corrected chi connectivity index (χ4v) is 5.22. The second kappa shape index (κ2) is 12.6. The molecule has 1 aromatic heterocycles. The summed E-state index contributed by atoms with van der Waals surface area (Å²) in [6.07, 6.45) is -16.4. The number of benzene rings is 2. The maximum Gasteiger partial charge on any atom is 0.416 e. The van der Waals surface area contributed by atoms with Crippen LogP contribution in [0.15, 0.2) is 42.6 Å². The lowest BCUT2D eigenvalue weighted by Crippen LogP contribution is -2.61. The van der Waals surface area contributed by atoms with Gasteiger partial charge < -0.3 is 20.3 Å². The van der Waals surface area contributed by atoms with E-state index in [0.29, 0.717) is 18.2 Å². The Balaban J connectivity index is 1.91. The Morgan fingerprint density at radius 3 is 2.11 bits per heavy atom. The van der Waals surface area contributed by atoms with Gasteiger partial charge in [-0.2, -0.15) is 39.5 Å². The van der Waals surface area contributed by atoms with Crippen LogP contribution in [-0.4, -0.2) is 47.2 Å². The number of fused-ring (bicyclic) bond motifs is 1. The number of methoxy groups -OCH3 is 1. The lowest BCUT2D eigenvalue weighted by molar-refractivity contribution is -0.143. The van der Waals surface area contributed by atoms with Gasteiger partial charge in [0.05, 0.1) is 40.9 Å². The van der Waals surface area contributed by atoms with Crippen molar-refractivity contribution in [2.75, 3.05) is 25.2 Å². The van der Waals surface area contributed by atoms with Crippen LogP contribution in [0.2, 0.25) is 0 Å². The van der Waals surface area contributed by atoms with Gasteiger partial charge in [0.25, 0.3) is 0 Å². The minimum Gasteiger partial charge on any atom is -0.488 e. The first-order chi connectivity index (χ1) is 21.3. The quantitative estimate of drug-likeness (QED) is 0.193. The number of hydrogen-bond acceptors (Lipinski definition) is 6. The van der Waals surface area contributed by atoms with Crippen LogP contribution >= 0.6 is 0 Å². The van der Waals surface area contributed by atoms with E-state index in [4.69, 9.17) is 15.2 Å². The minimum atomic E-state index is -5.12. The standard InChI is InChI=1S/C29H27F9N4O4/c1-3-26(39)13-20(19-12-16(27(30,31)32)4-5-22(19)42(26)25(43)44)24-40-14-23(46-7-6-45-2)21(41-24)10-15-8-17(28(33,34)35)11-18(9-15)29(36,37)38/h4-5,8-9,11-12,14,20H,3,6-7,10,13,39H2,1-2H3,(H,43,44)/t20-,26+/m0/s1. The molecule has 4 rings (SSSR count). The van der Waals surface area contributed by atoms with Gasteiger partial charge in [0, 0.05) is 19.4 Å². The summed E-state index contributed by atoms with van der Waals surface area (Å²) in [6, 6.07) is 3.40. The molecule has 2 aromatic carbocycles. The van der Waals surface area contributed by atoms with Gasteiger partial charge in [-0.25, -0.2) is 14.8 Å². The normalized spacial score (nSPS) is 18.8. The number of alkyl halides is 9. The predicted octanol–water partition coefficient (Wildman–Crippen LogP) is 7.23. The van der Waals surface area contributed by atoms with Crippen molar-refractivity contribution in [2.45, 2.75) is 56.3 Å². The maximum atomic E-state index is 13.7. The van der Waals surface area contributed by atoms with Crippen LogP contribution in [0.3, 0.4) is 0 Å². The third-order valence-electron chi connectivity index (χ3n) is 7.50. The number of carbonyl (C=O) groups is 1. The molecule has 0 unspecified atom stereocenters. The van der Waals surface area contributed by atoms with Crippen LogP contribution in [0.1, 0.15) is 65.0 Å². The van der Waals surface area contributed by atoms with Crippen molar-refractivity contribution in [3.05, 3.63) is 81.9 Å². The molecule has 46 heavy (non-hydrogen) atoms. The molecule has 0 saturated carbocycles. The minimum absolute atomic E-state index is 0.00574. The zero-order valence-electron chi connectivity index (χ0n) is 24.1. The van der Waals surface area contributed by atoms with Gasteiger partial charge in [0.1, 0.15) is 18.1 Å². The van der Waals surface area contributed by atoms with Crippen molar-refractivity contribution in [1.82, 2.24) is 9.97 Å². The van der Waals surface area contributed by atoms with Crippen molar-refractivity contribution < 1.29 is 58.9 Å².